The summed E-state index contributed by atoms with van der Waals surface area (Å²) in [7, 11) is 3.55. The van der Waals surface area contributed by atoms with E-state index in [-0.39, 0.29) is 0 Å². The van der Waals surface area contributed by atoms with Gasteiger partial charge < -0.3 is 4.57 Å². The number of hydrogen-bond acceptors (Lipinski definition) is 1. The first-order valence-corrected chi connectivity index (χ1v) is 2.23. The predicted molar refractivity (Wildman–Crippen MR) is 29.9 cm³/mol. The summed E-state index contributed by atoms with van der Waals surface area (Å²) in [5.41, 5.74) is 0.588. The van der Waals surface area contributed by atoms with E-state index in [1.54, 1.807) is 18.3 Å². The second kappa shape index (κ2) is 1.71. The van der Waals surface area contributed by atoms with Crippen LogP contribution in [0.25, 0.3) is 0 Å². The summed E-state index contributed by atoms with van der Waals surface area (Å²) in [4.78, 5) is 0. The summed E-state index contributed by atoms with van der Waals surface area (Å²) in [6, 6.07) is 5.47. The molecule has 0 aliphatic carbocycles. The molecule has 0 unspecified atom stereocenters. The topological polar surface area (TPSA) is 28.7 Å². The highest BCUT2D eigenvalue weighted by molar-refractivity contribution is 5.22. The van der Waals surface area contributed by atoms with Crippen LogP contribution in [0.15, 0.2) is 18.3 Å². The van der Waals surface area contributed by atoms with E-state index in [4.69, 9.17) is 5.26 Å². The van der Waals surface area contributed by atoms with Crippen molar-refractivity contribution >= 4 is 0 Å². The average Bonchev–Trinajstić information content (AvgIpc) is 2.14. The van der Waals surface area contributed by atoms with Gasteiger partial charge in [0.15, 0.2) is 0 Å². The number of hydrogen-bond donors (Lipinski definition) is 0. The third-order valence-corrected chi connectivity index (χ3v) is 0.944. The van der Waals surface area contributed by atoms with Crippen LogP contribution in [0.2, 0.25) is 0 Å². The predicted octanol–water partition coefficient (Wildman–Crippen LogP) is 0.999. The lowest BCUT2D eigenvalue weighted by molar-refractivity contribution is 1.06. The molecule has 1 aromatic rings. The van der Waals surface area contributed by atoms with E-state index < -0.39 is 0 Å². The van der Waals surface area contributed by atoms with Crippen LogP contribution in [0.5, 0.6) is 0 Å². The van der Waals surface area contributed by atoms with E-state index in [2.05, 4.69) is 7.05 Å². The molecule has 1 radical (unpaired) electrons. The molecule has 0 spiro atoms. The van der Waals surface area contributed by atoms with Crippen molar-refractivity contribution in [2.75, 3.05) is 0 Å². The van der Waals surface area contributed by atoms with Gasteiger partial charge in [0.05, 0.1) is 0 Å². The Morgan fingerprint density at radius 2 is 2.50 bits per heavy atom. The Morgan fingerprint density at radius 1 is 1.75 bits per heavy atom. The van der Waals surface area contributed by atoms with Gasteiger partial charge in [0.1, 0.15) is 11.8 Å². The summed E-state index contributed by atoms with van der Waals surface area (Å²) in [6.45, 7) is 0. The minimum atomic E-state index is 0.588. The molecule has 0 saturated heterocycles. The Hall–Kier alpha value is -1.23. The molecule has 0 N–H and O–H groups in total. The molecule has 0 fully saturated rings. The molecule has 0 aliphatic heterocycles. The van der Waals surface area contributed by atoms with Crippen molar-refractivity contribution in [3.05, 3.63) is 31.1 Å². The highest BCUT2D eigenvalue weighted by Crippen LogP contribution is 1.95. The number of rotatable bonds is 0. The highest BCUT2D eigenvalue weighted by atomic mass is 14.9. The third-order valence-electron chi connectivity index (χ3n) is 0.944. The van der Waals surface area contributed by atoms with E-state index in [9.17, 15) is 0 Å². The van der Waals surface area contributed by atoms with Crippen LogP contribution in [0.3, 0.4) is 0 Å². The first-order valence-electron chi connectivity index (χ1n) is 2.23. The Morgan fingerprint density at radius 3 is 2.75 bits per heavy atom. The molecule has 0 aliphatic rings. The van der Waals surface area contributed by atoms with Gasteiger partial charge in [0.2, 0.25) is 0 Å². The zero-order valence-electron chi connectivity index (χ0n) is 4.33. The van der Waals surface area contributed by atoms with Gasteiger partial charge >= 0.3 is 0 Å². The lowest BCUT2D eigenvalue weighted by Gasteiger charge is -1.86. The summed E-state index contributed by atoms with van der Waals surface area (Å²) in [6.07, 6.45) is 1.73. The van der Waals surface area contributed by atoms with Crippen molar-refractivity contribution in [3.8, 4) is 6.07 Å². The maximum Gasteiger partial charge on any atom is 0.120 e. The van der Waals surface area contributed by atoms with Crippen LogP contribution in [0, 0.1) is 18.4 Å². The van der Waals surface area contributed by atoms with E-state index in [0.29, 0.717) is 5.69 Å². The van der Waals surface area contributed by atoms with Crippen molar-refractivity contribution in [1.29, 1.82) is 5.26 Å². The molecule has 0 bridgehead atoms. The van der Waals surface area contributed by atoms with Crippen LogP contribution in [-0.4, -0.2) is 4.57 Å². The maximum atomic E-state index is 8.30. The SMILES string of the molecule is [CH2]n1cccc1C#N. The second-order valence-corrected chi connectivity index (χ2v) is 1.48. The van der Waals surface area contributed by atoms with Crippen molar-refractivity contribution in [1.82, 2.24) is 4.57 Å². The average molecular weight is 105 g/mol. The van der Waals surface area contributed by atoms with Crippen molar-refractivity contribution in [2.24, 2.45) is 0 Å². The van der Waals surface area contributed by atoms with Crippen molar-refractivity contribution in [3.63, 3.8) is 0 Å². The van der Waals surface area contributed by atoms with E-state index >= 15 is 0 Å². The molecule has 1 rings (SSSR count). The van der Waals surface area contributed by atoms with Crippen LogP contribution < -0.4 is 0 Å². The minimum absolute atomic E-state index is 0.588. The molecule has 0 aromatic carbocycles. The zero-order valence-corrected chi connectivity index (χ0v) is 4.33. The standard InChI is InChI=1S/C6H5N2/c1-8-4-2-3-6(8)5-7/h2-4H,1H2. The lowest BCUT2D eigenvalue weighted by atomic mass is 10.5. The van der Waals surface area contributed by atoms with Gasteiger partial charge in [-0.25, -0.2) is 0 Å². The van der Waals surface area contributed by atoms with Gasteiger partial charge in [-0.2, -0.15) is 5.26 Å². The Kier molecular flexibility index (Phi) is 1.05. The van der Waals surface area contributed by atoms with Gasteiger partial charge in [-0.3, -0.25) is 0 Å². The molecule has 2 heteroatoms. The van der Waals surface area contributed by atoms with Gasteiger partial charge in [-0.15, -0.1) is 0 Å². The molecule has 0 saturated carbocycles. The minimum Gasteiger partial charge on any atom is -0.338 e. The fourth-order valence-corrected chi connectivity index (χ4v) is 0.516. The molecular formula is C6H5N2. The Balaban J connectivity index is 3.15. The molecule has 0 amide bonds. The molecule has 2 nitrogen and oxygen atoms in total. The van der Waals surface area contributed by atoms with E-state index in [1.165, 1.54) is 4.57 Å². The molecule has 8 heavy (non-hydrogen) atoms. The maximum absolute atomic E-state index is 8.30. The Labute approximate surface area is 48.0 Å². The third kappa shape index (κ3) is 0.584. The molecule has 1 heterocycles. The highest BCUT2D eigenvalue weighted by Gasteiger charge is 1.89. The van der Waals surface area contributed by atoms with Crippen LogP contribution in [0.1, 0.15) is 5.69 Å². The normalized spacial score (nSPS) is 8.50. The largest absolute Gasteiger partial charge is 0.338 e. The monoisotopic (exact) mass is 105 g/mol. The molecule has 0 atom stereocenters. The second-order valence-electron chi connectivity index (χ2n) is 1.48. The van der Waals surface area contributed by atoms with Gasteiger partial charge in [0.25, 0.3) is 0 Å². The summed E-state index contributed by atoms with van der Waals surface area (Å²) >= 11 is 0. The van der Waals surface area contributed by atoms with E-state index in [0.717, 1.165) is 0 Å². The van der Waals surface area contributed by atoms with Gasteiger partial charge in [-0.1, -0.05) is 0 Å². The first kappa shape index (κ1) is 4.92. The fourth-order valence-electron chi connectivity index (χ4n) is 0.516. The lowest BCUT2D eigenvalue weighted by Crippen LogP contribution is -1.83. The smallest absolute Gasteiger partial charge is 0.120 e. The van der Waals surface area contributed by atoms with Gasteiger partial charge in [-0.05, 0) is 12.1 Å². The fraction of sp³-hybridized carbons (Fsp3) is 0. The van der Waals surface area contributed by atoms with Crippen molar-refractivity contribution < 1.29 is 0 Å². The first-order chi connectivity index (χ1) is 3.84. The summed E-state index contributed by atoms with van der Waals surface area (Å²) in [5, 5.41) is 8.30. The van der Waals surface area contributed by atoms with Gasteiger partial charge in [0, 0.05) is 13.2 Å². The number of nitrogens with zero attached hydrogens (tertiary/aromatic N) is 2. The molecule has 39 valence electrons. The molecule has 1 aromatic heterocycles. The summed E-state index contributed by atoms with van der Waals surface area (Å²) in [5.74, 6) is 0. The quantitative estimate of drug-likeness (QED) is 0.483. The van der Waals surface area contributed by atoms with Crippen LogP contribution in [-0.2, 0) is 0 Å². The number of aromatic nitrogens is 1. The summed E-state index contributed by atoms with van der Waals surface area (Å²) < 4.78 is 1.53. The van der Waals surface area contributed by atoms with Crippen molar-refractivity contribution in [2.45, 2.75) is 0 Å². The van der Waals surface area contributed by atoms with Crippen LogP contribution in [0.4, 0.5) is 0 Å². The zero-order chi connectivity index (χ0) is 5.98. The number of nitriles is 1. The van der Waals surface area contributed by atoms with Crippen LogP contribution >= 0.6 is 0 Å². The van der Waals surface area contributed by atoms with E-state index in [1.807, 2.05) is 6.07 Å². The molecular weight excluding hydrogens is 100 g/mol. The Bertz CT molecular complexity index is 217.